The van der Waals surface area contributed by atoms with E-state index in [0.717, 1.165) is 65.3 Å². The van der Waals surface area contributed by atoms with Crippen LogP contribution in [0.1, 0.15) is 81.1 Å². The van der Waals surface area contributed by atoms with Gasteiger partial charge in [-0.3, -0.25) is 19.2 Å². The molecule has 0 aromatic heterocycles. The van der Waals surface area contributed by atoms with Crippen LogP contribution in [-0.4, -0.2) is 99.0 Å². The van der Waals surface area contributed by atoms with Crippen LogP contribution in [0, 0.1) is 0 Å². The van der Waals surface area contributed by atoms with E-state index in [9.17, 15) is 19.2 Å². The molecular formula is C26H52N2O8Ti. The summed E-state index contributed by atoms with van der Waals surface area (Å²) in [7, 11) is 0. The van der Waals surface area contributed by atoms with Gasteiger partial charge in [-0.25, -0.2) is 0 Å². The predicted octanol–water partition coefficient (Wildman–Crippen LogP) is 3.45. The van der Waals surface area contributed by atoms with Crippen LogP contribution in [0.2, 0.25) is 0 Å². The van der Waals surface area contributed by atoms with Gasteiger partial charge in [-0.2, -0.15) is 0 Å². The van der Waals surface area contributed by atoms with E-state index < -0.39 is 31.9 Å². The van der Waals surface area contributed by atoms with Crippen LogP contribution in [0.3, 0.4) is 0 Å². The second-order valence-electron chi connectivity index (χ2n) is 7.91. The Hall–Kier alpha value is -1.17. The van der Waals surface area contributed by atoms with Gasteiger partial charge in [0.05, 0.1) is 13.2 Å². The summed E-state index contributed by atoms with van der Waals surface area (Å²) < 4.78 is 20.2. The monoisotopic (exact) mass is 568 g/mol. The van der Waals surface area contributed by atoms with Gasteiger partial charge in [-0.05, 0) is 27.7 Å². The minimum atomic E-state index is -0.622. The third kappa shape index (κ3) is 34.8. The van der Waals surface area contributed by atoms with Gasteiger partial charge in [0, 0.05) is 0 Å². The van der Waals surface area contributed by atoms with Crippen LogP contribution in [0.5, 0.6) is 0 Å². The molecule has 10 nitrogen and oxygen atoms in total. The molecule has 0 saturated heterocycles. The number of hydrogen-bond acceptors (Lipinski definition) is 10. The first-order valence-corrected chi connectivity index (χ1v) is 14.6. The number of rotatable bonds is 20. The zero-order valence-corrected chi connectivity index (χ0v) is 26.1. The van der Waals surface area contributed by atoms with Crippen LogP contribution in [0.25, 0.3) is 0 Å². The first kappa shape index (κ1) is 40.3. The maximum absolute atomic E-state index is 10.4. The van der Waals surface area contributed by atoms with Crippen molar-refractivity contribution in [3.8, 4) is 0 Å². The number of hydrogen-bond donors (Lipinski definition) is 0. The third-order valence-electron chi connectivity index (χ3n) is 4.75. The topological polar surface area (TPSA) is 112 Å². The molecule has 0 rings (SSSR count). The Morgan fingerprint density at radius 1 is 0.595 bits per heavy atom. The Morgan fingerprint density at radius 2 is 0.919 bits per heavy atom. The van der Waals surface area contributed by atoms with E-state index in [0.29, 0.717) is 13.2 Å². The molecule has 0 aliphatic carbocycles. The molecule has 0 heterocycles. The van der Waals surface area contributed by atoms with E-state index in [1.807, 2.05) is 0 Å². The summed E-state index contributed by atoms with van der Waals surface area (Å²) in [6.07, 6.45) is 2.03. The van der Waals surface area contributed by atoms with E-state index in [1.165, 1.54) is 13.8 Å². The average Bonchev–Trinajstić information content (AvgIpc) is 2.83. The Labute approximate surface area is 235 Å². The number of ketones is 2. The molecule has 0 amide bonds. The average molecular weight is 569 g/mol. The molecule has 0 aromatic carbocycles. The van der Waals surface area contributed by atoms with E-state index >= 15 is 0 Å². The van der Waals surface area contributed by atoms with Crippen molar-refractivity contribution in [1.82, 2.24) is 9.80 Å². The van der Waals surface area contributed by atoms with Gasteiger partial charge in [0.1, 0.15) is 24.4 Å². The minimum absolute atomic E-state index is 0.103. The molecule has 0 atom stereocenters. The fourth-order valence-corrected chi connectivity index (χ4v) is 3.60. The van der Waals surface area contributed by atoms with Crippen LogP contribution < -0.4 is 0 Å². The van der Waals surface area contributed by atoms with E-state index in [1.54, 1.807) is 13.8 Å². The summed E-state index contributed by atoms with van der Waals surface area (Å²) in [6, 6.07) is 0. The van der Waals surface area contributed by atoms with Crippen molar-refractivity contribution in [2.75, 3.05) is 65.7 Å². The summed E-state index contributed by atoms with van der Waals surface area (Å²) in [5.74, 6) is -1.20. The minimum Gasteiger partial charge on any atom is -0.466 e. The smallest absolute Gasteiger partial charge is 0.313 e. The van der Waals surface area contributed by atoms with Gasteiger partial charge in [0.25, 0.3) is 0 Å². The molecule has 0 bridgehead atoms. The van der Waals surface area contributed by atoms with Crippen molar-refractivity contribution in [2.45, 2.75) is 81.1 Å². The van der Waals surface area contributed by atoms with Gasteiger partial charge in [0.2, 0.25) is 0 Å². The molecule has 0 saturated carbocycles. The van der Waals surface area contributed by atoms with Crippen molar-refractivity contribution < 1.29 is 55.2 Å². The Bertz CT molecular complexity index is 523. The third-order valence-corrected chi connectivity index (χ3v) is 5.75. The van der Waals surface area contributed by atoms with Crippen molar-refractivity contribution in [2.24, 2.45) is 0 Å². The molecule has 0 spiro atoms. The molecule has 11 heteroatoms. The van der Waals surface area contributed by atoms with E-state index in [4.69, 9.17) is 6.64 Å². The quantitative estimate of drug-likeness (QED) is 0.0937. The summed E-state index contributed by atoms with van der Waals surface area (Å²) in [5, 5.41) is 0. The standard InChI is InChI=1S/2C7H16NO.2C6H10O3.Ti/c2*1-3-8(4-2)6-5-7-9;2*1-3-9-6(8)4-5(2)7;/h2*3-7H2,1-2H3;2*3-4H2,1-2H3;/q2*-1;;;+2. The summed E-state index contributed by atoms with van der Waals surface area (Å²) in [6.45, 7) is 24.2. The molecule has 0 aliphatic heterocycles. The van der Waals surface area contributed by atoms with Crippen molar-refractivity contribution in [3.63, 3.8) is 0 Å². The Balaban J connectivity index is -0.000000534. The second kappa shape index (κ2) is 31.1. The molecule has 218 valence electrons. The summed E-state index contributed by atoms with van der Waals surface area (Å²) in [5.41, 5.74) is 0. The number of esters is 2. The van der Waals surface area contributed by atoms with Crippen LogP contribution in [-0.2, 0) is 55.2 Å². The van der Waals surface area contributed by atoms with Crippen molar-refractivity contribution in [3.05, 3.63) is 0 Å². The van der Waals surface area contributed by atoms with Gasteiger partial charge < -0.3 is 9.47 Å². The van der Waals surface area contributed by atoms with Crippen LogP contribution in [0.4, 0.5) is 0 Å². The SMILES string of the molecule is CCN(CC)CCC[O][Ti][O]CCCN(CC)CC.CCOC(=O)CC(C)=O.CCOC(=O)CC(C)=O. The molecule has 0 aliphatic rings. The first-order valence-electron chi connectivity index (χ1n) is 13.3. The van der Waals surface area contributed by atoms with Gasteiger partial charge in [-0.15, -0.1) is 0 Å². The predicted molar refractivity (Wildman–Crippen MR) is 141 cm³/mol. The van der Waals surface area contributed by atoms with Gasteiger partial charge >= 0.3 is 141 Å². The zero-order valence-electron chi connectivity index (χ0n) is 24.6. The number of nitrogens with zero attached hydrogens (tertiary/aromatic N) is 2. The molecule has 0 radical (unpaired) electrons. The van der Waals surface area contributed by atoms with Crippen LogP contribution >= 0.6 is 0 Å². The van der Waals surface area contributed by atoms with E-state index in [2.05, 4.69) is 47.0 Å². The molecular weight excluding hydrogens is 516 g/mol. The van der Waals surface area contributed by atoms with Crippen molar-refractivity contribution in [1.29, 1.82) is 0 Å². The number of Topliss-reactive ketones (excluding diaryl/α,β-unsaturated/α-hetero) is 2. The summed E-state index contributed by atoms with van der Waals surface area (Å²) in [4.78, 5) is 46.1. The maximum atomic E-state index is 10.4. The molecule has 0 unspecified atom stereocenters. The second-order valence-corrected chi connectivity index (χ2v) is 9.07. The first-order chi connectivity index (χ1) is 17.6. The van der Waals surface area contributed by atoms with Crippen LogP contribution in [0.15, 0.2) is 0 Å². The molecule has 37 heavy (non-hydrogen) atoms. The fraction of sp³-hybridized carbons (Fsp3) is 0.846. The molecule has 0 N–H and O–H groups in total. The molecule has 0 aromatic rings. The number of ether oxygens (including phenoxy) is 2. The Morgan fingerprint density at radius 3 is 1.16 bits per heavy atom. The van der Waals surface area contributed by atoms with Gasteiger partial charge in [-0.1, -0.05) is 0 Å². The Kier molecular flexibility index (Phi) is 33.9. The number of carbonyl (C=O) groups excluding carboxylic acids is 4. The summed E-state index contributed by atoms with van der Waals surface area (Å²) >= 11 is -0.622. The molecule has 0 fully saturated rings. The largest absolute Gasteiger partial charge is 0.466 e. The maximum Gasteiger partial charge on any atom is 0.313 e. The zero-order chi connectivity index (χ0) is 28.9. The normalized spacial score (nSPS) is 10.1. The van der Waals surface area contributed by atoms with Crippen molar-refractivity contribution >= 4 is 23.5 Å². The van der Waals surface area contributed by atoms with E-state index in [-0.39, 0.29) is 24.4 Å². The fourth-order valence-electron chi connectivity index (χ4n) is 2.76. The van der Waals surface area contributed by atoms with Gasteiger partial charge in [0.15, 0.2) is 0 Å². The number of carbonyl (C=O) groups is 4.